The minimum absolute atomic E-state index is 0.220. The first-order chi connectivity index (χ1) is 9.10. The third kappa shape index (κ3) is 2.98. The highest BCUT2D eigenvalue weighted by atomic mass is 19.1. The molecular weight excluding hydrogens is 251 g/mol. The molecule has 1 aromatic carbocycles. The Morgan fingerprint density at radius 1 is 1.32 bits per heavy atom. The Balaban J connectivity index is 2.23. The van der Waals surface area contributed by atoms with Gasteiger partial charge < -0.3 is 15.0 Å². The van der Waals surface area contributed by atoms with Crippen molar-refractivity contribution >= 4 is 11.6 Å². The number of hydrogen-bond donors (Lipinski definition) is 2. The van der Waals surface area contributed by atoms with Crippen molar-refractivity contribution in [3.8, 4) is 5.75 Å². The van der Waals surface area contributed by atoms with Crippen LogP contribution in [-0.4, -0.2) is 18.0 Å². The molecule has 19 heavy (non-hydrogen) atoms. The van der Waals surface area contributed by atoms with Gasteiger partial charge in [0, 0.05) is 18.3 Å². The fourth-order valence-electron chi connectivity index (χ4n) is 1.51. The summed E-state index contributed by atoms with van der Waals surface area (Å²) >= 11 is 0. The Morgan fingerprint density at radius 2 is 2.11 bits per heavy atom. The van der Waals surface area contributed by atoms with Crippen LogP contribution in [0.1, 0.15) is 10.4 Å². The molecule has 0 aliphatic heterocycles. The van der Waals surface area contributed by atoms with E-state index in [9.17, 15) is 14.0 Å². The van der Waals surface area contributed by atoms with Gasteiger partial charge in [-0.25, -0.2) is 4.39 Å². The first-order valence-corrected chi connectivity index (χ1v) is 5.44. The van der Waals surface area contributed by atoms with Crippen LogP contribution in [0.2, 0.25) is 0 Å². The number of amides is 1. The first-order valence-electron chi connectivity index (χ1n) is 5.44. The van der Waals surface area contributed by atoms with Crippen LogP contribution in [0.4, 0.5) is 10.1 Å². The fourth-order valence-corrected chi connectivity index (χ4v) is 1.51. The Labute approximate surface area is 108 Å². The number of carbonyl (C=O) groups is 1. The molecule has 5 nitrogen and oxygen atoms in total. The largest absolute Gasteiger partial charge is 0.494 e. The molecule has 0 saturated carbocycles. The van der Waals surface area contributed by atoms with E-state index in [1.807, 2.05) is 0 Å². The number of halogens is 1. The van der Waals surface area contributed by atoms with Gasteiger partial charge in [-0.1, -0.05) is 0 Å². The molecule has 2 rings (SSSR count). The quantitative estimate of drug-likeness (QED) is 0.885. The topological polar surface area (TPSA) is 71.2 Å². The second kappa shape index (κ2) is 5.34. The molecule has 0 saturated heterocycles. The van der Waals surface area contributed by atoms with E-state index in [-0.39, 0.29) is 16.9 Å². The zero-order chi connectivity index (χ0) is 13.8. The van der Waals surface area contributed by atoms with Gasteiger partial charge >= 0.3 is 0 Å². The maximum Gasteiger partial charge on any atom is 0.257 e. The molecule has 0 atom stereocenters. The summed E-state index contributed by atoms with van der Waals surface area (Å²) in [7, 11) is 1.38. The van der Waals surface area contributed by atoms with Crippen molar-refractivity contribution in [3.05, 3.63) is 58.3 Å². The van der Waals surface area contributed by atoms with Gasteiger partial charge in [0.2, 0.25) is 5.56 Å². The lowest BCUT2D eigenvalue weighted by atomic mass is 10.2. The average Bonchev–Trinajstić information content (AvgIpc) is 2.41. The molecule has 0 aliphatic carbocycles. The third-order valence-electron chi connectivity index (χ3n) is 2.46. The van der Waals surface area contributed by atoms with E-state index in [1.165, 1.54) is 43.6 Å². The number of carbonyl (C=O) groups excluding carboxylic acids is 1. The number of aromatic nitrogens is 1. The second-order valence-corrected chi connectivity index (χ2v) is 3.74. The smallest absolute Gasteiger partial charge is 0.257 e. The highest BCUT2D eigenvalue weighted by Crippen LogP contribution is 2.25. The molecule has 6 heteroatoms. The van der Waals surface area contributed by atoms with Gasteiger partial charge in [-0.05, 0) is 18.2 Å². The van der Waals surface area contributed by atoms with E-state index in [0.29, 0.717) is 5.69 Å². The monoisotopic (exact) mass is 262 g/mol. The van der Waals surface area contributed by atoms with Crippen molar-refractivity contribution in [2.24, 2.45) is 0 Å². The SMILES string of the molecule is COc1cc(F)ccc1NC(=O)c1ccc(=O)[nH]c1. The van der Waals surface area contributed by atoms with Crippen molar-refractivity contribution in [2.45, 2.75) is 0 Å². The normalized spacial score (nSPS) is 10.0. The molecule has 1 aromatic heterocycles. The predicted molar refractivity (Wildman–Crippen MR) is 68.0 cm³/mol. The molecule has 2 aromatic rings. The van der Waals surface area contributed by atoms with Gasteiger partial charge in [0.15, 0.2) is 0 Å². The van der Waals surface area contributed by atoms with Crippen molar-refractivity contribution in [2.75, 3.05) is 12.4 Å². The zero-order valence-corrected chi connectivity index (χ0v) is 10.1. The van der Waals surface area contributed by atoms with E-state index in [1.54, 1.807) is 0 Å². The third-order valence-corrected chi connectivity index (χ3v) is 2.46. The molecule has 0 unspecified atom stereocenters. The number of H-pyrrole nitrogens is 1. The van der Waals surface area contributed by atoms with Crippen LogP contribution in [0.3, 0.4) is 0 Å². The molecule has 98 valence electrons. The highest BCUT2D eigenvalue weighted by molar-refractivity contribution is 6.04. The van der Waals surface area contributed by atoms with Crippen LogP contribution in [0.5, 0.6) is 5.75 Å². The first kappa shape index (κ1) is 12.8. The second-order valence-electron chi connectivity index (χ2n) is 3.74. The van der Waals surface area contributed by atoms with Crippen molar-refractivity contribution in [3.63, 3.8) is 0 Å². The summed E-state index contributed by atoms with van der Waals surface area (Å²) in [6, 6.07) is 6.42. The Bertz CT molecular complexity index is 647. The molecule has 1 amide bonds. The number of nitrogens with one attached hydrogen (secondary N) is 2. The van der Waals surface area contributed by atoms with Crippen LogP contribution in [0, 0.1) is 5.82 Å². The van der Waals surface area contributed by atoms with Gasteiger partial charge in [-0.2, -0.15) is 0 Å². The predicted octanol–water partition coefficient (Wildman–Crippen LogP) is 1.77. The Morgan fingerprint density at radius 3 is 2.74 bits per heavy atom. The molecule has 0 bridgehead atoms. The van der Waals surface area contributed by atoms with Crippen molar-refractivity contribution < 1.29 is 13.9 Å². The number of anilines is 1. The van der Waals surface area contributed by atoms with Crippen LogP contribution in [0.15, 0.2) is 41.3 Å². The summed E-state index contributed by atoms with van der Waals surface area (Å²) in [4.78, 5) is 25.2. The van der Waals surface area contributed by atoms with Gasteiger partial charge in [0.05, 0.1) is 18.4 Å². The summed E-state index contributed by atoms with van der Waals surface area (Å²) < 4.78 is 18.0. The van der Waals surface area contributed by atoms with Crippen LogP contribution in [0.25, 0.3) is 0 Å². The molecule has 0 aliphatic rings. The lowest BCUT2D eigenvalue weighted by Gasteiger charge is -2.09. The number of hydrogen-bond acceptors (Lipinski definition) is 3. The van der Waals surface area contributed by atoms with E-state index < -0.39 is 11.7 Å². The average molecular weight is 262 g/mol. The molecule has 1 heterocycles. The Hall–Kier alpha value is -2.63. The number of pyridine rings is 1. The summed E-state index contributed by atoms with van der Waals surface area (Å²) in [6.45, 7) is 0. The summed E-state index contributed by atoms with van der Waals surface area (Å²) in [5.74, 6) is -0.669. The number of ether oxygens (including phenoxy) is 1. The molecule has 0 spiro atoms. The molecule has 0 fully saturated rings. The van der Waals surface area contributed by atoms with Gasteiger partial charge in [-0.15, -0.1) is 0 Å². The van der Waals surface area contributed by atoms with Crippen LogP contribution in [-0.2, 0) is 0 Å². The highest BCUT2D eigenvalue weighted by Gasteiger charge is 2.10. The lowest BCUT2D eigenvalue weighted by Crippen LogP contribution is -2.15. The van der Waals surface area contributed by atoms with Gasteiger partial charge in [0.1, 0.15) is 11.6 Å². The number of methoxy groups -OCH3 is 1. The number of rotatable bonds is 3. The minimum Gasteiger partial charge on any atom is -0.494 e. The number of benzene rings is 1. The number of aromatic amines is 1. The van der Waals surface area contributed by atoms with E-state index in [4.69, 9.17) is 4.74 Å². The van der Waals surface area contributed by atoms with Gasteiger partial charge in [-0.3, -0.25) is 9.59 Å². The molecular formula is C13H11FN2O3. The lowest BCUT2D eigenvalue weighted by molar-refractivity contribution is 0.102. The summed E-state index contributed by atoms with van der Waals surface area (Å²) in [6.07, 6.45) is 1.30. The summed E-state index contributed by atoms with van der Waals surface area (Å²) in [5, 5.41) is 2.57. The maximum atomic E-state index is 13.0. The molecule has 2 N–H and O–H groups in total. The maximum absolute atomic E-state index is 13.0. The van der Waals surface area contributed by atoms with E-state index >= 15 is 0 Å². The minimum atomic E-state index is -0.459. The van der Waals surface area contributed by atoms with Crippen molar-refractivity contribution in [1.82, 2.24) is 4.98 Å². The van der Waals surface area contributed by atoms with E-state index in [0.717, 1.165) is 0 Å². The van der Waals surface area contributed by atoms with E-state index in [2.05, 4.69) is 10.3 Å². The standard InChI is InChI=1S/C13H11FN2O3/c1-19-11-6-9(14)3-4-10(11)16-13(18)8-2-5-12(17)15-7-8/h2-7H,1H3,(H,15,17)(H,16,18). The molecule has 0 radical (unpaired) electrons. The van der Waals surface area contributed by atoms with Crippen LogP contribution >= 0.6 is 0 Å². The summed E-state index contributed by atoms with van der Waals surface area (Å²) in [5.41, 5.74) is 0.335. The zero-order valence-electron chi connectivity index (χ0n) is 10.1. The van der Waals surface area contributed by atoms with Crippen molar-refractivity contribution in [1.29, 1.82) is 0 Å². The van der Waals surface area contributed by atoms with Crippen LogP contribution < -0.4 is 15.6 Å². The fraction of sp³-hybridized carbons (Fsp3) is 0.0769. The Kier molecular flexibility index (Phi) is 3.61. The van der Waals surface area contributed by atoms with Gasteiger partial charge in [0.25, 0.3) is 5.91 Å².